The second kappa shape index (κ2) is 9.90. The van der Waals surface area contributed by atoms with Crippen molar-refractivity contribution >= 4 is 23.3 Å². The number of rotatable bonds is 6. The highest BCUT2D eigenvalue weighted by Gasteiger charge is 2.46. The summed E-state index contributed by atoms with van der Waals surface area (Å²) < 4.78 is 48.8. The molecule has 8 nitrogen and oxygen atoms in total. The van der Waals surface area contributed by atoms with E-state index in [0.717, 1.165) is 5.56 Å². The average Bonchev–Trinajstić information content (AvgIpc) is 3.15. The van der Waals surface area contributed by atoms with Crippen LogP contribution in [0.1, 0.15) is 24.3 Å². The third kappa shape index (κ3) is 5.78. The van der Waals surface area contributed by atoms with Crippen LogP contribution in [0.25, 0.3) is 0 Å². The number of nitrogens with one attached hydrogen (secondary N) is 3. The van der Waals surface area contributed by atoms with Crippen LogP contribution in [0.15, 0.2) is 48.5 Å². The van der Waals surface area contributed by atoms with Crippen molar-refractivity contribution in [1.82, 2.24) is 5.32 Å². The Morgan fingerprint density at radius 2 is 1.79 bits per heavy atom. The number of hydrogen-bond donors (Lipinski definition) is 4. The molecule has 2 aromatic carbocycles. The third-order valence-corrected chi connectivity index (χ3v) is 5.69. The number of benzene rings is 2. The molecule has 11 heteroatoms. The van der Waals surface area contributed by atoms with E-state index in [1.165, 1.54) is 0 Å². The number of hydrogen-bond acceptors (Lipinski definition) is 5. The smallest absolute Gasteiger partial charge is 0.405 e. The first-order valence-corrected chi connectivity index (χ1v) is 10.8. The monoisotopic (exact) mass is 479 g/mol. The number of ether oxygens (including phenoxy) is 2. The van der Waals surface area contributed by atoms with Gasteiger partial charge in [0.05, 0.1) is 19.1 Å². The Hall–Kier alpha value is -3.31. The molecule has 4 atom stereocenters. The average molecular weight is 479 g/mol. The minimum absolute atomic E-state index is 0.264. The van der Waals surface area contributed by atoms with Crippen LogP contribution in [0.4, 0.5) is 29.3 Å². The van der Waals surface area contributed by atoms with Gasteiger partial charge in [0, 0.05) is 22.9 Å². The number of anilines is 2. The Morgan fingerprint density at radius 3 is 2.50 bits per heavy atom. The summed E-state index contributed by atoms with van der Waals surface area (Å²) in [6, 6.07) is 13.6. The van der Waals surface area contributed by atoms with E-state index in [2.05, 4.69) is 10.6 Å². The van der Waals surface area contributed by atoms with Crippen LogP contribution >= 0.6 is 0 Å². The van der Waals surface area contributed by atoms with E-state index in [-0.39, 0.29) is 18.9 Å². The Labute approximate surface area is 193 Å². The summed E-state index contributed by atoms with van der Waals surface area (Å²) >= 11 is 0. The molecule has 182 valence electrons. The highest BCUT2D eigenvalue weighted by atomic mass is 19.4. The van der Waals surface area contributed by atoms with E-state index in [0.29, 0.717) is 23.5 Å². The first-order valence-electron chi connectivity index (χ1n) is 10.8. The number of aliphatic hydroxyl groups is 1. The molecule has 4 N–H and O–H groups in total. The first kappa shape index (κ1) is 23.8. The molecule has 2 heterocycles. The molecular weight excluding hydrogens is 455 g/mol. The zero-order chi connectivity index (χ0) is 24.3. The Morgan fingerprint density at radius 1 is 1.06 bits per heavy atom. The lowest BCUT2D eigenvalue weighted by Gasteiger charge is -2.37. The van der Waals surface area contributed by atoms with Crippen LogP contribution in [0.2, 0.25) is 0 Å². The molecule has 4 rings (SSSR count). The SMILES string of the molecule is O=C(C[C@H]1C[C@@H]2c3cc(NC(=O)Nc4ccccc4)ccc3O[C@@H]2[C@@H](CO)O1)NCC(F)(F)F. The van der Waals surface area contributed by atoms with Crippen LogP contribution < -0.4 is 20.7 Å². The molecule has 1 fully saturated rings. The third-order valence-electron chi connectivity index (χ3n) is 5.69. The largest absolute Gasteiger partial charge is 0.487 e. The van der Waals surface area contributed by atoms with Gasteiger partial charge in [0.25, 0.3) is 0 Å². The van der Waals surface area contributed by atoms with Gasteiger partial charge in [-0.3, -0.25) is 4.79 Å². The van der Waals surface area contributed by atoms with Gasteiger partial charge in [0.15, 0.2) is 0 Å². The van der Waals surface area contributed by atoms with Gasteiger partial charge >= 0.3 is 12.2 Å². The highest BCUT2D eigenvalue weighted by molar-refractivity contribution is 5.99. The van der Waals surface area contributed by atoms with Crippen LogP contribution in [0, 0.1) is 0 Å². The van der Waals surface area contributed by atoms with Gasteiger partial charge < -0.3 is 30.5 Å². The van der Waals surface area contributed by atoms with Crippen molar-refractivity contribution in [1.29, 1.82) is 0 Å². The number of aliphatic hydroxyl groups excluding tert-OH is 1. The van der Waals surface area contributed by atoms with Crippen LogP contribution in [-0.2, 0) is 9.53 Å². The Bertz CT molecular complexity index is 1030. The predicted molar refractivity (Wildman–Crippen MR) is 117 cm³/mol. The quantitative estimate of drug-likeness (QED) is 0.508. The molecule has 0 radical (unpaired) electrons. The summed E-state index contributed by atoms with van der Waals surface area (Å²) in [6.45, 7) is -1.79. The van der Waals surface area contributed by atoms with E-state index in [1.807, 2.05) is 11.4 Å². The van der Waals surface area contributed by atoms with Gasteiger partial charge in [-0.05, 0) is 36.8 Å². The molecule has 0 saturated carbocycles. The molecule has 2 aromatic rings. The van der Waals surface area contributed by atoms with Crippen LogP contribution in [0.5, 0.6) is 5.75 Å². The number of alkyl halides is 3. The zero-order valence-corrected chi connectivity index (χ0v) is 18.0. The highest BCUT2D eigenvalue weighted by Crippen LogP contribution is 2.47. The maximum atomic E-state index is 12.4. The van der Waals surface area contributed by atoms with Gasteiger partial charge in [-0.25, -0.2) is 4.79 Å². The van der Waals surface area contributed by atoms with Crippen molar-refractivity contribution < 1.29 is 37.3 Å². The molecule has 34 heavy (non-hydrogen) atoms. The van der Waals surface area contributed by atoms with Crippen molar-refractivity contribution in [2.24, 2.45) is 0 Å². The minimum Gasteiger partial charge on any atom is -0.487 e. The van der Waals surface area contributed by atoms with Gasteiger partial charge in [-0.15, -0.1) is 0 Å². The normalized spacial score (nSPS) is 23.3. The molecule has 0 aliphatic carbocycles. The van der Waals surface area contributed by atoms with Crippen molar-refractivity contribution in [3.63, 3.8) is 0 Å². The van der Waals surface area contributed by atoms with Crippen molar-refractivity contribution in [3.05, 3.63) is 54.1 Å². The van der Waals surface area contributed by atoms with E-state index in [4.69, 9.17) is 9.47 Å². The lowest BCUT2D eigenvalue weighted by molar-refractivity contribution is -0.149. The molecular formula is C23H24F3N3O5. The van der Waals surface area contributed by atoms with Crippen molar-refractivity contribution in [2.45, 2.75) is 43.2 Å². The minimum atomic E-state index is -4.50. The number of carbonyl (C=O) groups is 2. The van der Waals surface area contributed by atoms with Crippen LogP contribution in [0.3, 0.4) is 0 Å². The van der Waals surface area contributed by atoms with Gasteiger partial charge in [0.1, 0.15) is 24.5 Å². The van der Waals surface area contributed by atoms with E-state index in [1.54, 1.807) is 42.5 Å². The van der Waals surface area contributed by atoms with Crippen molar-refractivity contribution in [3.8, 4) is 5.75 Å². The summed E-state index contributed by atoms with van der Waals surface area (Å²) in [6.07, 6.45) is -6.42. The van der Waals surface area contributed by atoms with Gasteiger partial charge in [-0.2, -0.15) is 13.2 Å². The van der Waals surface area contributed by atoms with Crippen molar-refractivity contribution in [2.75, 3.05) is 23.8 Å². The molecule has 0 aromatic heterocycles. The van der Waals surface area contributed by atoms with E-state index < -0.39 is 43.0 Å². The number of urea groups is 1. The fourth-order valence-corrected chi connectivity index (χ4v) is 4.26. The maximum absolute atomic E-state index is 12.4. The van der Waals surface area contributed by atoms with E-state index in [9.17, 15) is 27.9 Å². The molecule has 0 unspecified atom stereocenters. The first-order chi connectivity index (χ1) is 16.2. The molecule has 2 aliphatic rings. The Kier molecular flexibility index (Phi) is 6.94. The topological polar surface area (TPSA) is 109 Å². The molecule has 2 aliphatic heterocycles. The van der Waals surface area contributed by atoms with Gasteiger partial charge in [0.2, 0.25) is 5.91 Å². The lowest BCUT2D eigenvalue weighted by Crippen LogP contribution is -2.47. The second-order valence-corrected chi connectivity index (χ2v) is 8.20. The number of fused-ring (bicyclic) bond motifs is 3. The number of halogens is 3. The lowest BCUT2D eigenvalue weighted by atomic mass is 9.84. The zero-order valence-electron chi connectivity index (χ0n) is 18.0. The predicted octanol–water partition coefficient (Wildman–Crippen LogP) is 3.39. The molecule has 1 saturated heterocycles. The number of amides is 3. The fourth-order valence-electron chi connectivity index (χ4n) is 4.26. The summed E-state index contributed by atoms with van der Waals surface area (Å²) in [5.41, 5.74) is 1.92. The fraction of sp³-hybridized carbons (Fsp3) is 0.391. The number of carbonyl (C=O) groups excluding carboxylic acids is 2. The summed E-state index contributed by atoms with van der Waals surface area (Å²) in [5.74, 6) is -0.488. The van der Waals surface area contributed by atoms with Gasteiger partial charge in [-0.1, -0.05) is 18.2 Å². The maximum Gasteiger partial charge on any atom is 0.405 e. The summed E-state index contributed by atoms with van der Waals surface area (Å²) in [5, 5.41) is 17.1. The molecule has 0 bridgehead atoms. The second-order valence-electron chi connectivity index (χ2n) is 8.20. The summed E-state index contributed by atoms with van der Waals surface area (Å²) in [7, 11) is 0. The Balaban J connectivity index is 1.43. The molecule has 0 spiro atoms. The number of para-hydroxylation sites is 1. The summed E-state index contributed by atoms with van der Waals surface area (Å²) in [4.78, 5) is 24.3. The van der Waals surface area contributed by atoms with E-state index >= 15 is 0 Å². The van der Waals surface area contributed by atoms with Crippen LogP contribution in [-0.4, -0.2) is 54.7 Å². The molecule has 3 amide bonds. The standard InChI is InChI=1S/C23H24F3N3O5/c24-23(25,26)12-27-20(31)10-15-9-17-16-8-14(29-22(32)28-13-4-2-1-3-5-13)6-7-18(16)34-21(17)19(11-30)33-15/h1-8,15,17,19,21,30H,9-12H2,(H,27,31)(H2,28,29,32)/t15-,17-,19-,21+/m1/s1.